The minimum atomic E-state index is 0.846. The van der Waals surface area contributed by atoms with Crippen LogP contribution in [0.5, 0.6) is 5.75 Å². The molecule has 0 saturated heterocycles. The monoisotopic (exact) mass is 390 g/mol. The van der Waals surface area contributed by atoms with Gasteiger partial charge < -0.3 is 19.3 Å². The normalized spacial score (nSPS) is 10.8. The van der Waals surface area contributed by atoms with Crippen LogP contribution in [-0.4, -0.2) is 31.2 Å². The second-order valence-corrected chi connectivity index (χ2v) is 7.43. The van der Waals surface area contributed by atoms with Crippen molar-refractivity contribution in [2.45, 2.75) is 4.90 Å². The summed E-state index contributed by atoms with van der Waals surface area (Å²) in [6, 6.07) is 18.5. The van der Waals surface area contributed by atoms with Crippen molar-refractivity contribution in [1.29, 1.82) is 0 Å². The molecule has 4 aromatic rings. The highest BCUT2D eigenvalue weighted by Crippen LogP contribution is 2.37. The first-order valence-electron chi connectivity index (χ1n) is 8.97. The number of hydrogen-bond acceptors (Lipinski definition) is 5. The molecule has 6 heteroatoms. The average Bonchev–Trinajstić information content (AvgIpc) is 3.17. The van der Waals surface area contributed by atoms with Crippen LogP contribution in [-0.2, 0) is 0 Å². The molecule has 0 atom stereocenters. The zero-order chi connectivity index (χ0) is 19.5. The number of aromatic amines is 1. The lowest BCUT2D eigenvalue weighted by molar-refractivity contribution is 0.405. The molecule has 5 nitrogen and oxygen atoms in total. The summed E-state index contributed by atoms with van der Waals surface area (Å²) in [5.41, 5.74) is 5.29. The molecule has 0 aliphatic rings. The van der Waals surface area contributed by atoms with E-state index in [0.717, 1.165) is 44.2 Å². The molecule has 142 valence electrons. The van der Waals surface area contributed by atoms with Crippen molar-refractivity contribution >= 4 is 34.4 Å². The van der Waals surface area contributed by atoms with Crippen molar-refractivity contribution in [3.63, 3.8) is 0 Å². The van der Waals surface area contributed by atoms with E-state index in [0.29, 0.717) is 0 Å². The van der Waals surface area contributed by atoms with Gasteiger partial charge in [0.05, 0.1) is 23.1 Å². The first-order valence-corrected chi connectivity index (χ1v) is 9.79. The maximum absolute atomic E-state index is 5.45. The molecule has 2 aromatic heterocycles. The fourth-order valence-electron chi connectivity index (χ4n) is 3.13. The minimum absolute atomic E-state index is 0.846. The largest absolute Gasteiger partial charge is 0.496 e. The van der Waals surface area contributed by atoms with Crippen LogP contribution in [0.4, 0.5) is 11.4 Å². The van der Waals surface area contributed by atoms with Gasteiger partial charge in [-0.3, -0.25) is 0 Å². The van der Waals surface area contributed by atoms with Crippen LogP contribution >= 0.6 is 11.9 Å². The summed E-state index contributed by atoms with van der Waals surface area (Å²) in [5.74, 6) is 0.846. The van der Waals surface area contributed by atoms with Crippen LogP contribution in [0.1, 0.15) is 0 Å². The molecule has 0 radical (unpaired) electrons. The molecule has 0 spiro atoms. The van der Waals surface area contributed by atoms with Gasteiger partial charge in [-0.2, -0.15) is 0 Å². The number of H-pyrrole nitrogens is 1. The number of para-hydroxylation sites is 1. The lowest BCUT2D eigenvalue weighted by atomic mass is 10.0. The summed E-state index contributed by atoms with van der Waals surface area (Å²) in [6.07, 6.45) is 3.83. The third-order valence-electron chi connectivity index (χ3n) is 4.59. The molecule has 28 heavy (non-hydrogen) atoms. The number of ether oxygens (including phenoxy) is 1. The van der Waals surface area contributed by atoms with Crippen LogP contribution < -0.4 is 14.4 Å². The van der Waals surface area contributed by atoms with E-state index in [1.807, 2.05) is 56.8 Å². The van der Waals surface area contributed by atoms with E-state index in [2.05, 4.69) is 43.9 Å². The summed E-state index contributed by atoms with van der Waals surface area (Å²) in [6.45, 7) is 0. The molecule has 4 rings (SSSR count). The highest BCUT2D eigenvalue weighted by Gasteiger charge is 2.13. The van der Waals surface area contributed by atoms with Crippen molar-refractivity contribution in [2.75, 3.05) is 30.8 Å². The number of methoxy groups -OCH3 is 1. The van der Waals surface area contributed by atoms with E-state index >= 15 is 0 Å². The average molecular weight is 391 g/mol. The third kappa shape index (κ3) is 3.51. The second kappa shape index (κ2) is 7.86. The Balaban J connectivity index is 1.72. The Kier molecular flexibility index (Phi) is 5.12. The zero-order valence-electron chi connectivity index (χ0n) is 16.1. The summed E-state index contributed by atoms with van der Waals surface area (Å²) >= 11 is 1.53. The SMILES string of the molecule is COc1ccccc1SNc1ccnc2[nH]cc(-c3cccc(N(C)C)c3)c12. The van der Waals surface area contributed by atoms with Crippen molar-refractivity contribution in [3.8, 4) is 16.9 Å². The number of nitrogens with one attached hydrogen (secondary N) is 2. The Morgan fingerprint density at radius 3 is 2.75 bits per heavy atom. The molecule has 2 heterocycles. The Morgan fingerprint density at radius 1 is 1.07 bits per heavy atom. The van der Waals surface area contributed by atoms with Crippen LogP contribution in [0.3, 0.4) is 0 Å². The van der Waals surface area contributed by atoms with E-state index in [4.69, 9.17) is 4.74 Å². The van der Waals surface area contributed by atoms with Gasteiger partial charge in [0.15, 0.2) is 0 Å². The van der Waals surface area contributed by atoms with Gasteiger partial charge in [-0.15, -0.1) is 0 Å². The Hall–Kier alpha value is -3.12. The minimum Gasteiger partial charge on any atom is -0.496 e. The predicted octanol–water partition coefficient (Wildman–Crippen LogP) is 5.42. The highest BCUT2D eigenvalue weighted by molar-refractivity contribution is 8.00. The van der Waals surface area contributed by atoms with Gasteiger partial charge in [-0.05, 0) is 47.8 Å². The number of benzene rings is 2. The summed E-state index contributed by atoms with van der Waals surface area (Å²) < 4.78 is 8.93. The zero-order valence-corrected chi connectivity index (χ0v) is 16.9. The molecule has 0 bridgehead atoms. The molecule has 0 saturated carbocycles. The molecular formula is C22H22N4OS. The first kappa shape index (κ1) is 18.3. The van der Waals surface area contributed by atoms with Crippen LogP contribution in [0.25, 0.3) is 22.2 Å². The predicted molar refractivity (Wildman–Crippen MR) is 118 cm³/mol. The number of nitrogens with zero attached hydrogens (tertiary/aromatic N) is 2. The van der Waals surface area contributed by atoms with Gasteiger partial charge >= 0.3 is 0 Å². The third-order valence-corrected chi connectivity index (χ3v) is 5.47. The van der Waals surface area contributed by atoms with Crippen molar-refractivity contribution in [3.05, 3.63) is 67.0 Å². The van der Waals surface area contributed by atoms with Gasteiger partial charge in [-0.25, -0.2) is 4.98 Å². The number of aromatic nitrogens is 2. The van der Waals surface area contributed by atoms with Gasteiger partial charge in [0, 0.05) is 37.7 Å². The number of fused-ring (bicyclic) bond motifs is 1. The van der Waals surface area contributed by atoms with Gasteiger partial charge in [0.2, 0.25) is 0 Å². The maximum Gasteiger partial charge on any atom is 0.139 e. The number of rotatable bonds is 6. The van der Waals surface area contributed by atoms with E-state index in [1.165, 1.54) is 11.9 Å². The van der Waals surface area contributed by atoms with Crippen LogP contribution in [0.2, 0.25) is 0 Å². The van der Waals surface area contributed by atoms with E-state index in [1.54, 1.807) is 7.11 Å². The Labute approximate surface area is 168 Å². The Morgan fingerprint density at radius 2 is 1.93 bits per heavy atom. The fraction of sp³-hybridized carbons (Fsp3) is 0.136. The maximum atomic E-state index is 5.45. The van der Waals surface area contributed by atoms with E-state index < -0.39 is 0 Å². The molecule has 0 aliphatic carbocycles. The molecule has 0 unspecified atom stereocenters. The van der Waals surface area contributed by atoms with E-state index in [9.17, 15) is 0 Å². The molecule has 0 fully saturated rings. The molecule has 2 aromatic carbocycles. The standard InChI is InChI=1S/C22H22N4OS/c1-26(2)16-8-6-7-15(13-16)17-14-24-22-21(17)18(11-12-23-22)25-28-20-10-5-4-9-19(20)27-3/h4-14H,1-3H3,(H2,23,24,25). The summed E-state index contributed by atoms with van der Waals surface area (Å²) in [5, 5.41) is 1.07. The first-order chi connectivity index (χ1) is 13.7. The van der Waals surface area contributed by atoms with E-state index in [-0.39, 0.29) is 0 Å². The van der Waals surface area contributed by atoms with Crippen LogP contribution in [0.15, 0.2) is 71.9 Å². The van der Waals surface area contributed by atoms with Crippen LogP contribution in [0, 0.1) is 0 Å². The van der Waals surface area contributed by atoms with Crippen molar-refractivity contribution in [2.24, 2.45) is 0 Å². The number of anilines is 2. The number of hydrogen-bond donors (Lipinski definition) is 2. The quantitative estimate of drug-likeness (QED) is 0.430. The number of pyridine rings is 1. The second-order valence-electron chi connectivity index (χ2n) is 6.58. The Bertz CT molecular complexity index is 1110. The smallest absolute Gasteiger partial charge is 0.139 e. The summed E-state index contributed by atoms with van der Waals surface area (Å²) in [7, 11) is 5.78. The van der Waals surface area contributed by atoms with Crippen molar-refractivity contribution in [1.82, 2.24) is 9.97 Å². The fourth-order valence-corrected chi connectivity index (χ4v) is 3.92. The molecule has 2 N–H and O–H groups in total. The lowest BCUT2D eigenvalue weighted by Crippen LogP contribution is -2.08. The molecule has 0 amide bonds. The topological polar surface area (TPSA) is 53.2 Å². The van der Waals surface area contributed by atoms with Gasteiger partial charge in [0.1, 0.15) is 11.4 Å². The highest BCUT2D eigenvalue weighted by atomic mass is 32.2. The van der Waals surface area contributed by atoms with Crippen molar-refractivity contribution < 1.29 is 4.74 Å². The molecule has 0 aliphatic heterocycles. The lowest BCUT2D eigenvalue weighted by Gasteiger charge is -2.14. The molecular weight excluding hydrogens is 368 g/mol. The van der Waals surface area contributed by atoms with Gasteiger partial charge in [-0.1, -0.05) is 24.3 Å². The van der Waals surface area contributed by atoms with Gasteiger partial charge in [0.25, 0.3) is 0 Å². The summed E-state index contributed by atoms with van der Waals surface area (Å²) in [4.78, 5) is 10.9.